The summed E-state index contributed by atoms with van der Waals surface area (Å²) in [6, 6.07) is 10.2. The lowest BCUT2D eigenvalue weighted by molar-refractivity contribution is 0.198. The predicted molar refractivity (Wildman–Crippen MR) is 123 cm³/mol. The van der Waals surface area contributed by atoms with Crippen LogP contribution in [0.1, 0.15) is 6.42 Å². The first-order valence-corrected chi connectivity index (χ1v) is 10.7. The molecular weight excluding hydrogens is 406 g/mol. The van der Waals surface area contributed by atoms with Gasteiger partial charge >= 0.3 is 0 Å². The first-order chi connectivity index (χ1) is 15.7. The molecule has 9 nitrogen and oxygen atoms in total. The monoisotopic (exact) mass is 429 g/mol. The van der Waals surface area contributed by atoms with Crippen LogP contribution in [0.5, 0.6) is 5.88 Å². The highest BCUT2D eigenvalue weighted by Crippen LogP contribution is 2.31. The average molecular weight is 429 g/mol. The molecule has 3 aromatic heterocycles. The highest BCUT2D eigenvalue weighted by molar-refractivity contribution is 5.75. The molecule has 5 heterocycles. The fraction of sp³-hybridized carbons (Fsp3) is 0.261. The SMILES string of the molecule is O[C@H]1CCN(c2ccc(Nc3nc(-c4cnc5c(c4)NCCO5)cn4ccnc34)cc2)C1. The van der Waals surface area contributed by atoms with E-state index in [0.29, 0.717) is 24.8 Å². The predicted octanol–water partition coefficient (Wildman–Crippen LogP) is 2.91. The van der Waals surface area contributed by atoms with Gasteiger partial charge < -0.3 is 29.8 Å². The van der Waals surface area contributed by atoms with Gasteiger partial charge in [0.15, 0.2) is 11.5 Å². The molecule has 32 heavy (non-hydrogen) atoms. The Hall–Kier alpha value is -3.85. The Bertz CT molecular complexity index is 1270. The third kappa shape index (κ3) is 3.46. The van der Waals surface area contributed by atoms with Gasteiger partial charge in [-0.15, -0.1) is 0 Å². The van der Waals surface area contributed by atoms with Crippen LogP contribution in [0.15, 0.2) is 55.1 Å². The number of β-amino-alcohol motifs (C(OH)–C–C–N with tert-alkyl or cyclic N) is 1. The van der Waals surface area contributed by atoms with Crippen molar-refractivity contribution in [1.82, 2.24) is 19.4 Å². The molecule has 4 aromatic rings. The number of ether oxygens (including phenoxy) is 1. The zero-order valence-corrected chi connectivity index (χ0v) is 17.4. The number of benzene rings is 1. The number of aromatic nitrogens is 4. The summed E-state index contributed by atoms with van der Waals surface area (Å²) in [5.74, 6) is 1.28. The largest absolute Gasteiger partial charge is 0.474 e. The van der Waals surface area contributed by atoms with Crippen molar-refractivity contribution in [1.29, 1.82) is 0 Å². The van der Waals surface area contributed by atoms with Crippen LogP contribution in [-0.4, -0.2) is 56.8 Å². The summed E-state index contributed by atoms with van der Waals surface area (Å²) in [4.78, 5) is 15.9. The van der Waals surface area contributed by atoms with Gasteiger partial charge in [0.25, 0.3) is 0 Å². The van der Waals surface area contributed by atoms with Crippen LogP contribution in [0, 0.1) is 0 Å². The van der Waals surface area contributed by atoms with E-state index in [-0.39, 0.29) is 6.10 Å². The van der Waals surface area contributed by atoms with Gasteiger partial charge in [-0.05, 0) is 36.8 Å². The molecule has 2 aliphatic heterocycles. The summed E-state index contributed by atoms with van der Waals surface area (Å²) in [5.41, 5.74) is 5.31. The fourth-order valence-electron chi connectivity index (χ4n) is 4.19. The normalized spacial score (nSPS) is 17.7. The molecule has 0 aliphatic carbocycles. The van der Waals surface area contributed by atoms with E-state index in [1.165, 1.54) is 0 Å². The summed E-state index contributed by atoms with van der Waals surface area (Å²) in [7, 11) is 0. The van der Waals surface area contributed by atoms with Gasteiger partial charge in [0, 0.05) is 61.4 Å². The van der Waals surface area contributed by atoms with Crippen LogP contribution in [0.3, 0.4) is 0 Å². The Labute approximate surface area is 184 Å². The molecule has 1 saturated heterocycles. The van der Waals surface area contributed by atoms with Gasteiger partial charge in [-0.25, -0.2) is 15.0 Å². The summed E-state index contributed by atoms with van der Waals surface area (Å²) < 4.78 is 7.54. The zero-order valence-electron chi connectivity index (χ0n) is 17.4. The van der Waals surface area contributed by atoms with E-state index < -0.39 is 0 Å². The average Bonchev–Trinajstić information content (AvgIpc) is 3.48. The molecule has 3 N–H and O–H groups in total. The summed E-state index contributed by atoms with van der Waals surface area (Å²) >= 11 is 0. The lowest BCUT2D eigenvalue weighted by Crippen LogP contribution is -2.20. The summed E-state index contributed by atoms with van der Waals surface area (Å²) in [5, 5.41) is 16.5. The lowest BCUT2D eigenvalue weighted by atomic mass is 10.2. The minimum absolute atomic E-state index is 0.242. The molecule has 9 heteroatoms. The van der Waals surface area contributed by atoms with E-state index in [1.54, 1.807) is 12.4 Å². The first kappa shape index (κ1) is 18.9. The third-order valence-electron chi connectivity index (χ3n) is 5.84. The quantitative estimate of drug-likeness (QED) is 0.455. The number of nitrogens with zero attached hydrogens (tertiary/aromatic N) is 5. The van der Waals surface area contributed by atoms with Crippen LogP contribution < -0.4 is 20.3 Å². The van der Waals surface area contributed by atoms with E-state index in [9.17, 15) is 5.11 Å². The van der Waals surface area contributed by atoms with Gasteiger partial charge in [-0.3, -0.25) is 0 Å². The Morgan fingerprint density at radius 2 is 2.09 bits per heavy atom. The van der Waals surface area contributed by atoms with Crippen LogP contribution in [0.4, 0.5) is 22.9 Å². The smallest absolute Gasteiger partial charge is 0.237 e. The van der Waals surface area contributed by atoms with E-state index in [4.69, 9.17) is 9.72 Å². The van der Waals surface area contributed by atoms with E-state index in [1.807, 2.05) is 35.0 Å². The van der Waals surface area contributed by atoms with Crippen molar-refractivity contribution in [2.24, 2.45) is 0 Å². The fourth-order valence-corrected chi connectivity index (χ4v) is 4.19. The molecule has 0 unspecified atom stereocenters. The third-order valence-corrected chi connectivity index (χ3v) is 5.84. The summed E-state index contributed by atoms with van der Waals surface area (Å²) in [6.45, 7) is 2.93. The molecule has 1 atom stereocenters. The minimum atomic E-state index is -0.242. The van der Waals surface area contributed by atoms with Crippen molar-refractivity contribution >= 4 is 28.5 Å². The van der Waals surface area contributed by atoms with Gasteiger partial charge in [-0.2, -0.15) is 0 Å². The number of nitrogens with one attached hydrogen (secondary N) is 2. The maximum absolute atomic E-state index is 9.79. The van der Waals surface area contributed by atoms with Crippen LogP contribution in [0.2, 0.25) is 0 Å². The van der Waals surface area contributed by atoms with Crippen molar-refractivity contribution in [2.45, 2.75) is 12.5 Å². The molecule has 0 saturated carbocycles. The second kappa shape index (κ2) is 7.69. The first-order valence-electron chi connectivity index (χ1n) is 10.7. The van der Waals surface area contributed by atoms with Crippen molar-refractivity contribution in [3.63, 3.8) is 0 Å². The van der Waals surface area contributed by atoms with E-state index >= 15 is 0 Å². The second-order valence-electron chi connectivity index (χ2n) is 8.05. The van der Waals surface area contributed by atoms with Gasteiger partial charge in [0.05, 0.1) is 17.5 Å². The molecule has 0 radical (unpaired) electrons. The van der Waals surface area contributed by atoms with E-state index in [0.717, 1.165) is 53.5 Å². The van der Waals surface area contributed by atoms with Gasteiger partial charge in [0.1, 0.15) is 6.61 Å². The maximum atomic E-state index is 9.79. The standard InChI is InChI=1S/C23H23N7O2/c31-18-5-8-29(13-18)17-3-1-16(2-4-17)27-21-22-25-6-9-30(22)14-20(28-21)15-11-19-23(26-12-15)32-10-7-24-19/h1-4,6,9,11-12,14,18,24,31H,5,7-8,10,13H2,(H,27,28)/t18-/m0/s1. The zero-order chi connectivity index (χ0) is 21.5. The number of aliphatic hydroxyl groups excluding tert-OH is 1. The lowest BCUT2D eigenvalue weighted by Gasteiger charge is -2.19. The van der Waals surface area contributed by atoms with Crippen molar-refractivity contribution in [3.8, 4) is 17.1 Å². The number of hydrogen-bond acceptors (Lipinski definition) is 8. The Kier molecular flexibility index (Phi) is 4.53. The molecular formula is C23H23N7O2. The van der Waals surface area contributed by atoms with Crippen LogP contribution in [0.25, 0.3) is 16.9 Å². The summed E-state index contributed by atoms with van der Waals surface area (Å²) in [6.07, 6.45) is 7.96. The van der Waals surface area contributed by atoms with Crippen molar-refractivity contribution < 1.29 is 9.84 Å². The van der Waals surface area contributed by atoms with Gasteiger partial charge in [-0.1, -0.05) is 0 Å². The molecule has 0 amide bonds. The maximum Gasteiger partial charge on any atom is 0.237 e. The van der Waals surface area contributed by atoms with Crippen LogP contribution >= 0.6 is 0 Å². The number of hydrogen-bond donors (Lipinski definition) is 3. The molecule has 0 spiro atoms. The topological polar surface area (TPSA) is 99.8 Å². The van der Waals surface area contributed by atoms with Crippen molar-refractivity contribution in [3.05, 3.63) is 55.1 Å². The highest BCUT2D eigenvalue weighted by atomic mass is 16.5. The molecule has 2 aliphatic rings. The molecule has 6 rings (SSSR count). The highest BCUT2D eigenvalue weighted by Gasteiger charge is 2.20. The van der Waals surface area contributed by atoms with Crippen LogP contribution in [-0.2, 0) is 0 Å². The number of aliphatic hydroxyl groups is 1. The Morgan fingerprint density at radius 3 is 2.94 bits per heavy atom. The minimum Gasteiger partial charge on any atom is -0.474 e. The number of imidazole rings is 1. The molecule has 0 bridgehead atoms. The Morgan fingerprint density at radius 1 is 1.19 bits per heavy atom. The number of anilines is 4. The second-order valence-corrected chi connectivity index (χ2v) is 8.05. The number of fused-ring (bicyclic) bond motifs is 2. The molecule has 1 fully saturated rings. The van der Waals surface area contributed by atoms with Crippen molar-refractivity contribution in [2.75, 3.05) is 41.8 Å². The molecule has 1 aromatic carbocycles. The number of pyridine rings is 1. The Balaban J connectivity index is 1.31. The van der Waals surface area contributed by atoms with Gasteiger partial charge in [0.2, 0.25) is 5.88 Å². The van der Waals surface area contributed by atoms with E-state index in [2.05, 4.69) is 37.6 Å². The number of rotatable bonds is 4. The molecule has 162 valence electrons.